The third-order valence-electron chi connectivity index (χ3n) is 3.46. The summed E-state index contributed by atoms with van der Waals surface area (Å²) in [7, 11) is 0. The molecule has 1 aromatic carbocycles. The fourth-order valence-electron chi connectivity index (χ4n) is 2.17. The van der Waals surface area contributed by atoms with Gasteiger partial charge in [0.15, 0.2) is 0 Å². The van der Waals surface area contributed by atoms with Crippen molar-refractivity contribution in [1.29, 1.82) is 0 Å². The topological polar surface area (TPSA) is 77.1 Å². The second-order valence-corrected chi connectivity index (χ2v) is 5.63. The highest BCUT2D eigenvalue weighted by Crippen LogP contribution is 2.15. The second-order valence-electron chi connectivity index (χ2n) is 5.23. The monoisotopic (exact) mass is 333 g/mol. The van der Waals surface area contributed by atoms with Crippen LogP contribution in [0.5, 0.6) is 0 Å². The summed E-state index contributed by atoms with van der Waals surface area (Å²) in [4.78, 5) is 24.1. The first-order valence-electron chi connectivity index (χ1n) is 7.54. The highest BCUT2D eigenvalue weighted by molar-refractivity contribution is 6.31. The van der Waals surface area contributed by atoms with Gasteiger partial charge >= 0.3 is 0 Å². The van der Waals surface area contributed by atoms with E-state index in [4.69, 9.17) is 17.3 Å². The van der Waals surface area contributed by atoms with Crippen LogP contribution in [0.2, 0.25) is 5.02 Å². The summed E-state index contributed by atoms with van der Waals surface area (Å²) in [5, 5.41) is 3.41. The van der Waals surface area contributed by atoms with Crippen LogP contribution in [0.3, 0.4) is 0 Å². The SMILES string of the molecule is NCCCCNC(=O)c1ccc(=O)n(Cc2ccccc2Cl)c1. The Bertz CT molecular complexity index is 728. The van der Waals surface area contributed by atoms with Crippen molar-refractivity contribution in [2.24, 2.45) is 5.73 Å². The molecule has 0 saturated carbocycles. The molecule has 23 heavy (non-hydrogen) atoms. The maximum Gasteiger partial charge on any atom is 0.252 e. The molecule has 5 nitrogen and oxygen atoms in total. The van der Waals surface area contributed by atoms with Crippen LogP contribution in [0.15, 0.2) is 47.4 Å². The first kappa shape index (κ1) is 17.2. The number of aromatic nitrogens is 1. The van der Waals surface area contributed by atoms with Gasteiger partial charge in [-0.25, -0.2) is 0 Å². The largest absolute Gasteiger partial charge is 0.352 e. The molecule has 0 radical (unpaired) electrons. The number of carbonyl (C=O) groups excluding carboxylic acids is 1. The number of unbranched alkanes of at least 4 members (excludes halogenated alkanes) is 1. The molecule has 0 fully saturated rings. The van der Waals surface area contributed by atoms with Gasteiger partial charge < -0.3 is 15.6 Å². The van der Waals surface area contributed by atoms with E-state index < -0.39 is 0 Å². The van der Waals surface area contributed by atoms with Crippen LogP contribution < -0.4 is 16.6 Å². The number of amides is 1. The van der Waals surface area contributed by atoms with E-state index in [1.807, 2.05) is 18.2 Å². The normalized spacial score (nSPS) is 10.5. The number of nitrogens with zero attached hydrogens (tertiary/aromatic N) is 1. The van der Waals surface area contributed by atoms with Crippen LogP contribution in [0.4, 0.5) is 0 Å². The molecule has 122 valence electrons. The summed E-state index contributed by atoms with van der Waals surface area (Å²) >= 11 is 6.12. The number of hydrogen-bond donors (Lipinski definition) is 2. The standard InChI is InChI=1S/C17H20ClN3O2/c18-15-6-2-1-5-13(15)11-21-12-14(7-8-16(21)22)17(23)20-10-4-3-9-19/h1-2,5-8,12H,3-4,9-11,19H2,(H,20,23). The molecule has 0 saturated heterocycles. The lowest BCUT2D eigenvalue weighted by atomic mass is 10.2. The minimum absolute atomic E-state index is 0.176. The van der Waals surface area contributed by atoms with Gasteiger partial charge in [-0.3, -0.25) is 9.59 Å². The third-order valence-corrected chi connectivity index (χ3v) is 3.83. The Kier molecular flexibility index (Phi) is 6.38. The third kappa shape index (κ3) is 4.94. The predicted octanol–water partition coefficient (Wildman–Crippen LogP) is 2.02. The van der Waals surface area contributed by atoms with E-state index in [1.165, 1.54) is 16.7 Å². The zero-order chi connectivity index (χ0) is 16.7. The predicted molar refractivity (Wildman–Crippen MR) is 91.9 cm³/mol. The molecule has 0 bridgehead atoms. The Hall–Kier alpha value is -2.11. The van der Waals surface area contributed by atoms with Crippen molar-refractivity contribution in [3.8, 4) is 0 Å². The summed E-state index contributed by atoms with van der Waals surface area (Å²) < 4.78 is 1.48. The summed E-state index contributed by atoms with van der Waals surface area (Å²) in [5.41, 5.74) is 6.52. The molecular formula is C17H20ClN3O2. The fraction of sp³-hybridized carbons (Fsp3) is 0.294. The molecule has 1 heterocycles. The molecule has 0 aliphatic heterocycles. The zero-order valence-electron chi connectivity index (χ0n) is 12.8. The summed E-state index contributed by atoms with van der Waals surface area (Å²) in [6.07, 6.45) is 3.26. The van der Waals surface area contributed by atoms with Crippen molar-refractivity contribution >= 4 is 17.5 Å². The maximum atomic E-state index is 12.1. The molecule has 0 unspecified atom stereocenters. The average Bonchev–Trinajstić information content (AvgIpc) is 2.55. The summed E-state index contributed by atoms with van der Waals surface area (Å²) in [6.45, 7) is 1.51. The molecular weight excluding hydrogens is 314 g/mol. The minimum atomic E-state index is -0.199. The van der Waals surface area contributed by atoms with Crippen LogP contribution in [0.1, 0.15) is 28.8 Å². The Morgan fingerprint density at radius 2 is 1.96 bits per heavy atom. The molecule has 2 aromatic rings. The smallest absolute Gasteiger partial charge is 0.252 e. The number of nitrogens with two attached hydrogens (primary N) is 1. The highest BCUT2D eigenvalue weighted by Gasteiger charge is 2.08. The lowest BCUT2D eigenvalue weighted by molar-refractivity contribution is 0.0952. The van der Waals surface area contributed by atoms with Crippen molar-refractivity contribution in [2.75, 3.05) is 13.1 Å². The number of carbonyl (C=O) groups is 1. The minimum Gasteiger partial charge on any atom is -0.352 e. The molecule has 0 atom stereocenters. The Labute approximate surface area is 140 Å². The van der Waals surface area contributed by atoms with Crippen LogP contribution >= 0.6 is 11.6 Å². The fourth-order valence-corrected chi connectivity index (χ4v) is 2.37. The van der Waals surface area contributed by atoms with Crippen LogP contribution in [0, 0.1) is 0 Å². The van der Waals surface area contributed by atoms with E-state index in [9.17, 15) is 9.59 Å². The number of rotatable bonds is 7. The van der Waals surface area contributed by atoms with Gasteiger partial charge in [0.25, 0.3) is 11.5 Å². The molecule has 2 rings (SSSR count). The molecule has 0 aliphatic carbocycles. The van der Waals surface area contributed by atoms with Crippen molar-refractivity contribution in [2.45, 2.75) is 19.4 Å². The van der Waals surface area contributed by atoms with Crippen LogP contribution in [-0.4, -0.2) is 23.6 Å². The van der Waals surface area contributed by atoms with Gasteiger partial charge in [-0.15, -0.1) is 0 Å². The Morgan fingerprint density at radius 3 is 2.70 bits per heavy atom. The summed E-state index contributed by atoms with van der Waals surface area (Å²) in [5.74, 6) is -0.199. The molecule has 1 aromatic heterocycles. The van der Waals surface area contributed by atoms with Gasteiger partial charge in [0.2, 0.25) is 0 Å². The van der Waals surface area contributed by atoms with Gasteiger partial charge in [-0.2, -0.15) is 0 Å². The molecule has 3 N–H and O–H groups in total. The maximum absolute atomic E-state index is 12.1. The van der Waals surface area contributed by atoms with E-state index >= 15 is 0 Å². The number of pyridine rings is 1. The van der Waals surface area contributed by atoms with Crippen molar-refractivity contribution in [3.63, 3.8) is 0 Å². The second kappa shape index (κ2) is 8.50. The number of benzene rings is 1. The Balaban J connectivity index is 2.11. The number of nitrogens with one attached hydrogen (secondary N) is 1. The highest BCUT2D eigenvalue weighted by atomic mass is 35.5. The van der Waals surface area contributed by atoms with E-state index in [1.54, 1.807) is 12.3 Å². The molecule has 1 amide bonds. The van der Waals surface area contributed by atoms with Gasteiger partial charge in [-0.1, -0.05) is 29.8 Å². The number of hydrogen-bond acceptors (Lipinski definition) is 3. The van der Waals surface area contributed by atoms with Gasteiger partial charge in [0.1, 0.15) is 0 Å². The van der Waals surface area contributed by atoms with Crippen LogP contribution in [-0.2, 0) is 6.54 Å². The van der Waals surface area contributed by atoms with Gasteiger partial charge in [-0.05, 0) is 37.1 Å². The van der Waals surface area contributed by atoms with Crippen molar-refractivity contribution in [1.82, 2.24) is 9.88 Å². The van der Waals surface area contributed by atoms with Crippen molar-refractivity contribution < 1.29 is 4.79 Å². The number of halogens is 1. The lowest BCUT2D eigenvalue weighted by Gasteiger charge is -2.10. The average molecular weight is 334 g/mol. The van der Waals surface area contributed by atoms with Gasteiger partial charge in [0, 0.05) is 23.8 Å². The Morgan fingerprint density at radius 1 is 1.17 bits per heavy atom. The first-order chi connectivity index (χ1) is 11.1. The summed E-state index contributed by atoms with van der Waals surface area (Å²) in [6, 6.07) is 10.2. The van der Waals surface area contributed by atoms with E-state index in [0.717, 1.165) is 18.4 Å². The first-order valence-corrected chi connectivity index (χ1v) is 7.92. The molecule has 0 spiro atoms. The van der Waals surface area contributed by atoms with Crippen LogP contribution in [0.25, 0.3) is 0 Å². The van der Waals surface area contributed by atoms with E-state index in [2.05, 4.69) is 5.32 Å². The molecule has 0 aliphatic rings. The quantitative estimate of drug-likeness (QED) is 0.761. The van der Waals surface area contributed by atoms with E-state index in [-0.39, 0.29) is 11.5 Å². The lowest BCUT2D eigenvalue weighted by Crippen LogP contribution is -2.27. The van der Waals surface area contributed by atoms with E-state index in [0.29, 0.717) is 30.2 Å². The zero-order valence-corrected chi connectivity index (χ0v) is 13.6. The van der Waals surface area contributed by atoms with Gasteiger partial charge in [0.05, 0.1) is 12.1 Å². The molecule has 6 heteroatoms. The van der Waals surface area contributed by atoms with Crippen molar-refractivity contribution in [3.05, 3.63) is 69.1 Å².